The summed E-state index contributed by atoms with van der Waals surface area (Å²) in [7, 11) is 0. The lowest BCUT2D eigenvalue weighted by molar-refractivity contribution is 0.0733. The summed E-state index contributed by atoms with van der Waals surface area (Å²) in [6, 6.07) is 25.5. The van der Waals surface area contributed by atoms with Crippen LogP contribution < -0.4 is 10.2 Å². The summed E-state index contributed by atoms with van der Waals surface area (Å²) in [5, 5.41) is 5.63. The number of hydrogen-bond donors (Lipinski definition) is 2. The largest absolute Gasteiger partial charge is 0.421 e. The number of nitrogens with zero attached hydrogens (tertiary/aromatic N) is 1. The highest BCUT2D eigenvalue weighted by Crippen LogP contribution is 2.34. The van der Waals surface area contributed by atoms with Gasteiger partial charge in [-0.15, -0.1) is 0 Å². The van der Waals surface area contributed by atoms with Crippen LogP contribution in [0.1, 0.15) is 26.4 Å². The van der Waals surface area contributed by atoms with E-state index in [1.807, 2.05) is 48.5 Å². The molecule has 0 spiro atoms. The third-order valence-electron chi connectivity index (χ3n) is 5.73. The fourth-order valence-corrected chi connectivity index (χ4v) is 5.93. The van der Waals surface area contributed by atoms with Crippen LogP contribution in [0, 0.1) is 3.57 Å². The van der Waals surface area contributed by atoms with Crippen molar-refractivity contribution in [3.05, 3.63) is 119 Å². The van der Waals surface area contributed by atoms with Crippen molar-refractivity contribution in [3.8, 4) is 16.9 Å². The maximum Gasteiger partial charge on any atom is 0.343 e. The van der Waals surface area contributed by atoms with E-state index in [0.29, 0.717) is 26.3 Å². The standard InChI is InChI=1S/C29H17Br2ClIN3O3/c30-19-12-18(27(23(31)13-19)39-29(38)17-6-8-20(32)9-7-17)15-34-36-28(37)26-25(16-4-2-1-3-5-16)22-14-21(33)10-11-24(22)35-26/h1-15,35H,(H,36,37). The number of amides is 1. The van der Waals surface area contributed by atoms with Crippen molar-refractivity contribution in [2.75, 3.05) is 0 Å². The zero-order chi connectivity index (χ0) is 27.5. The fourth-order valence-electron chi connectivity index (χ4n) is 3.98. The first-order chi connectivity index (χ1) is 18.8. The number of rotatable bonds is 6. The maximum atomic E-state index is 13.3. The van der Waals surface area contributed by atoms with Crippen molar-refractivity contribution in [3.63, 3.8) is 0 Å². The first-order valence-corrected chi connectivity index (χ1v) is 14.5. The lowest BCUT2D eigenvalue weighted by atomic mass is 10.0. The van der Waals surface area contributed by atoms with Crippen molar-refractivity contribution < 1.29 is 14.3 Å². The lowest BCUT2D eigenvalue weighted by Gasteiger charge is -2.11. The van der Waals surface area contributed by atoms with Gasteiger partial charge in [0.25, 0.3) is 5.91 Å². The van der Waals surface area contributed by atoms with Crippen LogP contribution in [0.4, 0.5) is 0 Å². The van der Waals surface area contributed by atoms with E-state index in [1.54, 1.807) is 36.4 Å². The number of hydrazone groups is 1. The quantitative estimate of drug-likeness (QED) is 0.0596. The molecule has 1 amide bonds. The minimum Gasteiger partial charge on any atom is -0.421 e. The smallest absolute Gasteiger partial charge is 0.343 e. The SMILES string of the molecule is O=C(Oc1c(Br)cc(Br)cc1C=NNC(=O)c1[nH]c2ccc(I)cc2c1-c1ccccc1)c1ccc(Cl)cc1. The normalized spacial score (nSPS) is 11.2. The Morgan fingerprint density at radius 1 is 0.974 bits per heavy atom. The second-order valence-electron chi connectivity index (χ2n) is 8.33. The molecule has 4 aromatic carbocycles. The molecule has 10 heteroatoms. The second-order valence-corrected chi connectivity index (χ2v) is 11.8. The zero-order valence-corrected chi connectivity index (χ0v) is 25.9. The molecular weight excluding hydrogens is 761 g/mol. The van der Waals surface area contributed by atoms with E-state index in [4.69, 9.17) is 16.3 Å². The number of hydrogen-bond acceptors (Lipinski definition) is 4. The Balaban J connectivity index is 1.43. The predicted octanol–water partition coefficient (Wildman–Crippen LogP) is 8.60. The Labute approximate surface area is 259 Å². The van der Waals surface area contributed by atoms with Crippen LogP contribution in [0.15, 0.2) is 99.0 Å². The topological polar surface area (TPSA) is 83.5 Å². The molecule has 1 heterocycles. The van der Waals surface area contributed by atoms with Crippen LogP contribution >= 0.6 is 66.1 Å². The highest BCUT2D eigenvalue weighted by atomic mass is 127. The summed E-state index contributed by atoms with van der Waals surface area (Å²) in [4.78, 5) is 29.3. The van der Waals surface area contributed by atoms with Crippen molar-refractivity contribution in [1.29, 1.82) is 0 Å². The van der Waals surface area contributed by atoms with Gasteiger partial charge in [0.05, 0.1) is 16.3 Å². The van der Waals surface area contributed by atoms with Crippen LogP contribution in [0.2, 0.25) is 5.02 Å². The molecule has 0 saturated heterocycles. The van der Waals surface area contributed by atoms with Crippen molar-refractivity contribution in [1.82, 2.24) is 10.4 Å². The average molecular weight is 778 g/mol. The van der Waals surface area contributed by atoms with E-state index in [2.05, 4.69) is 70.0 Å². The molecule has 0 bridgehead atoms. The van der Waals surface area contributed by atoms with Crippen LogP contribution in [-0.2, 0) is 0 Å². The molecule has 1 aromatic heterocycles. The number of nitrogens with one attached hydrogen (secondary N) is 2. The van der Waals surface area contributed by atoms with Gasteiger partial charge in [0.1, 0.15) is 5.69 Å². The van der Waals surface area contributed by atoms with E-state index < -0.39 is 11.9 Å². The molecule has 0 aliphatic rings. The van der Waals surface area contributed by atoms with Crippen LogP contribution in [0.3, 0.4) is 0 Å². The summed E-state index contributed by atoms with van der Waals surface area (Å²) < 4.78 is 7.98. The number of H-pyrrole nitrogens is 1. The van der Waals surface area contributed by atoms with Crippen LogP contribution in [0.5, 0.6) is 5.75 Å². The van der Waals surface area contributed by atoms with E-state index in [0.717, 1.165) is 30.1 Å². The Morgan fingerprint density at radius 3 is 2.46 bits per heavy atom. The molecule has 0 unspecified atom stereocenters. The lowest BCUT2D eigenvalue weighted by Crippen LogP contribution is -2.19. The fraction of sp³-hybridized carbons (Fsp3) is 0. The number of halogens is 4. The number of aromatic amines is 1. The molecule has 0 aliphatic carbocycles. The van der Waals surface area contributed by atoms with Crippen molar-refractivity contribution in [2.45, 2.75) is 0 Å². The molecule has 0 aliphatic heterocycles. The molecule has 5 rings (SSSR count). The number of carbonyl (C=O) groups excluding carboxylic acids is 2. The van der Waals surface area contributed by atoms with Gasteiger partial charge in [-0.05, 0) is 98.7 Å². The van der Waals surface area contributed by atoms with Crippen molar-refractivity contribution in [2.24, 2.45) is 5.10 Å². The molecule has 0 atom stereocenters. The second kappa shape index (κ2) is 12.0. The number of benzene rings is 4. The predicted molar refractivity (Wildman–Crippen MR) is 170 cm³/mol. The number of ether oxygens (including phenoxy) is 1. The summed E-state index contributed by atoms with van der Waals surface area (Å²) >= 11 is 15.1. The summed E-state index contributed by atoms with van der Waals surface area (Å²) in [6.45, 7) is 0. The van der Waals surface area contributed by atoms with Crippen LogP contribution in [0.25, 0.3) is 22.0 Å². The minimum absolute atomic E-state index is 0.251. The summed E-state index contributed by atoms with van der Waals surface area (Å²) in [5.41, 5.74) is 6.34. The van der Waals surface area contributed by atoms with E-state index in [1.165, 1.54) is 6.21 Å². The van der Waals surface area contributed by atoms with Gasteiger partial charge in [0.15, 0.2) is 5.75 Å². The molecule has 6 nitrogen and oxygen atoms in total. The summed E-state index contributed by atoms with van der Waals surface area (Å²) in [6.07, 6.45) is 1.42. The molecule has 2 N–H and O–H groups in total. The van der Waals surface area contributed by atoms with E-state index in [-0.39, 0.29) is 5.75 Å². The van der Waals surface area contributed by atoms with Gasteiger partial charge in [-0.1, -0.05) is 57.9 Å². The Hall–Kier alpha value is -2.99. The zero-order valence-electron chi connectivity index (χ0n) is 19.8. The van der Waals surface area contributed by atoms with Gasteiger partial charge >= 0.3 is 5.97 Å². The number of fused-ring (bicyclic) bond motifs is 1. The van der Waals surface area contributed by atoms with Gasteiger partial charge in [-0.25, -0.2) is 10.2 Å². The number of aromatic nitrogens is 1. The minimum atomic E-state index is -0.561. The van der Waals surface area contributed by atoms with Gasteiger partial charge < -0.3 is 9.72 Å². The highest BCUT2D eigenvalue weighted by molar-refractivity contribution is 14.1. The molecule has 194 valence electrons. The molecule has 0 radical (unpaired) electrons. The Kier molecular flexibility index (Phi) is 8.51. The third kappa shape index (κ3) is 6.27. The van der Waals surface area contributed by atoms with Crippen molar-refractivity contribution >= 4 is 95.0 Å². The average Bonchev–Trinajstić information content (AvgIpc) is 3.30. The van der Waals surface area contributed by atoms with Gasteiger partial charge in [0.2, 0.25) is 0 Å². The molecule has 39 heavy (non-hydrogen) atoms. The van der Waals surface area contributed by atoms with Crippen LogP contribution in [-0.4, -0.2) is 23.1 Å². The van der Waals surface area contributed by atoms with Gasteiger partial charge in [0, 0.05) is 35.1 Å². The molecule has 0 fully saturated rings. The van der Waals surface area contributed by atoms with E-state index in [9.17, 15) is 9.59 Å². The highest BCUT2D eigenvalue weighted by Gasteiger charge is 2.20. The summed E-state index contributed by atoms with van der Waals surface area (Å²) in [5.74, 6) is -0.722. The van der Waals surface area contributed by atoms with Gasteiger partial charge in [-0.3, -0.25) is 4.79 Å². The molecule has 5 aromatic rings. The first-order valence-electron chi connectivity index (χ1n) is 11.5. The third-order valence-corrected chi connectivity index (χ3v) is 7.70. The molecule has 0 saturated carbocycles. The Bertz CT molecular complexity index is 1740. The van der Waals surface area contributed by atoms with Gasteiger partial charge in [-0.2, -0.15) is 5.10 Å². The molecular formula is C29H17Br2ClIN3O3. The monoisotopic (exact) mass is 775 g/mol. The number of esters is 1. The first kappa shape index (κ1) is 27.6. The van der Waals surface area contributed by atoms with E-state index >= 15 is 0 Å². The Morgan fingerprint density at radius 2 is 1.72 bits per heavy atom. The maximum absolute atomic E-state index is 13.3. The number of carbonyl (C=O) groups is 2.